The van der Waals surface area contributed by atoms with Crippen molar-refractivity contribution in [3.8, 4) is 5.75 Å². The molecule has 0 radical (unpaired) electrons. The molecule has 0 amide bonds. The zero-order valence-electron chi connectivity index (χ0n) is 13.1. The van der Waals surface area contributed by atoms with Crippen molar-refractivity contribution in [2.45, 2.75) is 46.0 Å². The maximum absolute atomic E-state index is 12.2. The number of ether oxygens (including phenoxy) is 2. The normalized spacial score (nSPS) is 13.5. The van der Waals surface area contributed by atoms with Crippen LogP contribution in [0.4, 0.5) is 13.2 Å². The minimum Gasteiger partial charge on any atom is -0.484 e. The Hall–Kier alpha value is -1.34. The van der Waals surface area contributed by atoms with Crippen LogP contribution in [0.2, 0.25) is 0 Å². The van der Waals surface area contributed by atoms with Crippen LogP contribution in [0.1, 0.15) is 31.5 Å². The second-order valence-corrected chi connectivity index (χ2v) is 5.69. The summed E-state index contributed by atoms with van der Waals surface area (Å²) in [6.07, 6.45) is -2.11. The lowest BCUT2D eigenvalue weighted by molar-refractivity contribution is -0.153. The molecule has 4 nitrogen and oxygen atoms in total. The Morgan fingerprint density at radius 3 is 2.59 bits per heavy atom. The summed E-state index contributed by atoms with van der Waals surface area (Å²) in [6.45, 7) is 5.07. The van der Waals surface area contributed by atoms with Gasteiger partial charge in [0, 0.05) is 17.8 Å². The average Bonchev–Trinajstić information content (AvgIpc) is 2.37. The first-order valence-electron chi connectivity index (χ1n) is 7.16. The minimum atomic E-state index is -4.37. The summed E-state index contributed by atoms with van der Waals surface area (Å²) in [6, 6.07) is 1.35. The lowest BCUT2D eigenvalue weighted by Gasteiger charge is -2.16. The summed E-state index contributed by atoms with van der Waals surface area (Å²) < 4.78 is 46.8. The van der Waals surface area contributed by atoms with Crippen molar-refractivity contribution in [2.75, 3.05) is 13.2 Å². The summed E-state index contributed by atoms with van der Waals surface area (Å²) in [4.78, 5) is 4.11. The summed E-state index contributed by atoms with van der Waals surface area (Å²) in [5.74, 6) is 0.648. The molecule has 0 aromatic carbocycles. The van der Waals surface area contributed by atoms with E-state index in [1.165, 1.54) is 12.3 Å². The highest BCUT2D eigenvalue weighted by molar-refractivity contribution is 5.34. The number of nitrogens with two attached hydrogens (primary N) is 1. The number of nitrogens with zero attached hydrogens (tertiary/aromatic N) is 1. The molecular formula is C15H23F3N2O2. The van der Waals surface area contributed by atoms with Gasteiger partial charge in [-0.05, 0) is 25.3 Å². The Morgan fingerprint density at radius 1 is 1.32 bits per heavy atom. The van der Waals surface area contributed by atoms with Gasteiger partial charge in [-0.2, -0.15) is 13.2 Å². The van der Waals surface area contributed by atoms with Gasteiger partial charge in [0.1, 0.15) is 5.75 Å². The predicted molar refractivity (Wildman–Crippen MR) is 77.6 cm³/mol. The molecule has 1 aromatic rings. The van der Waals surface area contributed by atoms with E-state index in [9.17, 15) is 13.2 Å². The van der Waals surface area contributed by atoms with Crippen molar-refractivity contribution >= 4 is 0 Å². The second kappa shape index (κ2) is 8.33. The highest BCUT2D eigenvalue weighted by Crippen LogP contribution is 2.23. The molecule has 0 unspecified atom stereocenters. The largest absolute Gasteiger partial charge is 0.484 e. The molecule has 0 aliphatic carbocycles. The Morgan fingerprint density at radius 2 is 2.00 bits per heavy atom. The van der Waals surface area contributed by atoms with E-state index in [4.69, 9.17) is 15.2 Å². The Kier molecular flexibility index (Phi) is 7.09. The van der Waals surface area contributed by atoms with Crippen LogP contribution in [0, 0.1) is 12.8 Å². The van der Waals surface area contributed by atoms with Gasteiger partial charge in [0.15, 0.2) is 6.61 Å². The first kappa shape index (κ1) is 18.7. The van der Waals surface area contributed by atoms with Crippen LogP contribution in [0.15, 0.2) is 12.3 Å². The number of hydrogen-bond donors (Lipinski definition) is 1. The van der Waals surface area contributed by atoms with Gasteiger partial charge in [0.05, 0.1) is 18.9 Å². The molecule has 1 aromatic heterocycles. The van der Waals surface area contributed by atoms with Crippen molar-refractivity contribution in [1.82, 2.24) is 4.98 Å². The SMILES string of the molecule is Cc1c(OCC(F)(F)F)ccnc1COC[C@@H](N)CC(C)C. The van der Waals surface area contributed by atoms with Gasteiger partial charge in [0.25, 0.3) is 0 Å². The molecule has 1 atom stereocenters. The number of halogens is 3. The fraction of sp³-hybridized carbons (Fsp3) is 0.667. The van der Waals surface area contributed by atoms with Crippen LogP contribution in [-0.2, 0) is 11.3 Å². The monoisotopic (exact) mass is 320 g/mol. The van der Waals surface area contributed by atoms with Crippen molar-refractivity contribution in [3.63, 3.8) is 0 Å². The van der Waals surface area contributed by atoms with Gasteiger partial charge >= 0.3 is 6.18 Å². The van der Waals surface area contributed by atoms with Crippen LogP contribution in [0.3, 0.4) is 0 Å². The highest BCUT2D eigenvalue weighted by Gasteiger charge is 2.28. The van der Waals surface area contributed by atoms with E-state index < -0.39 is 12.8 Å². The van der Waals surface area contributed by atoms with E-state index in [1.54, 1.807) is 6.92 Å². The van der Waals surface area contributed by atoms with Crippen molar-refractivity contribution in [1.29, 1.82) is 0 Å². The molecule has 2 N–H and O–H groups in total. The molecule has 0 saturated carbocycles. The van der Waals surface area contributed by atoms with Crippen molar-refractivity contribution in [3.05, 3.63) is 23.5 Å². The highest BCUT2D eigenvalue weighted by atomic mass is 19.4. The maximum Gasteiger partial charge on any atom is 0.422 e. The minimum absolute atomic E-state index is 0.0648. The zero-order chi connectivity index (χ0) is 16.8. The van der Waals surface area contributed by atoms with Gasteiger partial charge in [-0.15, -0.1) is 0 Å². The Balaban J connectivity index is 2.54. The fourth-order valence-corrected chi connectivity index (χ4v) is 2.00. The number of hydrogen-bond acceptors (Lipinski definition) is 4. The second-order valence-electron chi connectivity index (χ2n) is 5.69. The first-order valence-corrected chi connectivity index (χ1v) is 7.16. The standard InChI is InChI=1S/C15H23F3N2O2/c1-10(2)6-12(19)7-21-8-13-11(3)14(4-5-20-13)22-9-15(16,17)18/h4-5,10,12H,6-9,19H2,1-3H3/t12-/m0/s1. The molecule has 0 spiro atoms. The Bertz CT molecular complexity index is 465. The molecule has 7 heteroatoms. The van der Waals surface area contributed by atoms with Crippen LogP contribution < -0.4 is 10.5 Å². The van der Waals surface area contributed by atoms with E-state index in [0.717, 1.165) is 6.42 Å². The van der Waals surface area contributed by atoms with E-state index in [1.807, 2.05) is 0 Å². The summed E-state index contributed by atoms with van der Waals surface area (Å²) in [7, 11) is 0. The quantitative estimate of drug-likeness (QED) is 0.799. The number of alkyl halides is 3. The maximum atomic E-state index is 12.2. The molecule has 22 heavy (non-hydrogen) atoms. The molecular weight excluding hydrogens is 297 g/mol. The molecule has 1 heterocycles. The summed E-state index contributed by atoms with van der Waals surface area (Å²) in [5, 5.41) is 0. The Labute approximate surface area is 128 Å². The van der Waals surface area contributed by atoms with Gasteiger partial charge in [-0.3, -0.25) is 4.98 Å². The first-order chi connectivity index (χ1) is 10.2. The van der Waals surface area contributed by atoms with E-state index in [-0.39, 0.29) is 18.4 Å². The van der Waals surface area contributed by atoms with Crippen LogP contribution in [0.25, 0.3) is 0 Å². The molecule has 0 saturated heterocycles. The van der Waals surface area contributed by atoms with Crippen molar-refractivity contribution < 1.29 is 22.6 Å². The van der Waals surface area contributed by atoms with E-state index >= 15 is 0 Å². The topological polar surface area (TPSA) is 57.4 Å². The van der Waals surface area contributed by atoms with Gasteiger partial charge in [-0.1, -0.05) is 13.8 Å². The van der Waals surface area contributed by atoms with Crippen molar-refractivity contribution in [2.24, 2.45) is 11.7 Å². The average molecular weight is 320 g/mol. The third-order valence-electron chi connectivity index (χ3n) is 2.99. The number of aromatic nitrogens is 1. The van der Waals surface area contributed by atoms with E-state index in [0.29, 0.717) is 23.8 Å². The van der Waals surface area contributed by atoms with Gasteiger partial charge in [0.2, 0.25) is 0 Å². The smallest absolute Gasteiger partial charge is 0.422 e. The van der Waals surface area contributed by atoms with Crippen LogP contribution in [0.5, 0.6) is 5.75 Å². The van der Waals surface area contributed by atoms with Crippen LogP contribution in [-0.4, -0.2) is 30.4 Å². The third-order valence-corrected chi connectivity index (χ3v) is 2.99. The molecule has 0 bridgehead atoms. The number of rotatable bonds is 8. The van der Waals surface area contributed by atoms with Gasteiger partial charge in [-0.25, -0.2) is 0 Å². The summed E-state index contributed by atoms with van der Waals surface area (Å²) >= 11 is 0. The predicted octanol–water partition coefficient (Wildman–Crippen LogP) is 3.22. The molecule has 0 aliphatic heterocycles. The molecule has 0 fully saturated rings. The van der Waals surface area contributed by atoms with Gasteiger partial charge < -0.3 is 15.2 Å². The van der Waals surface area contributed by atoms with Crippen LogP contribution >= 0.6 is 0 Å². The molecule has 1 rings (SSSR count). The third kappa shape index (κ3) is 7.09. The number of pyridine rings is 1. The molecule has 0 aliphatic rings. The molecule has 126 valence electrons. The lowest BCUT2D eigenvalue weighted by Crippen LogP contribution is -2.27. The van der Waals surface area contributed by atoms with E-state index in [2.05, 4.69) is 18.8 Å². The fourth-order valence-electron chi connectivity index (χ4n) is 2.00. The summed E-state index contributed by atoms with van der Waals surface area (Å²) in [5.41, 5.74) is 7.00. The lowest BCUT2D eigenvalue weighted by atomic mass is 10.1. The zero-order valence-corrected chi connectivity index (χ0v) is 13.1.